The summed E-state index contributed by atoms with van der Waals surface area (Å²) in [6.07, 6.45) is 4.33. The van der Waals surface area contributed by atoms with Crippen molar-refractivity contribution in [1.82, 2.24) is 14.7 Å². The number of nitrogens with one attached hydrogen (secondary N) is 2. The third-order valence-corrected chi connectivity index (χ3v) is 7.13. The van der Waals surface area contributed by atoms with Crippen LogP contribution in [0.2, 0.25) is 0 Å². The number of halogens is 1. The Morgan fingerprint density at radius 3 is 2.67 bits per heavy atom. The predicted octanol–water partition coefficient (Wildman–Crippen LogP) is 3.64. The summed E-state index contributed by atoms with van der Waals surface area (Å²) in [6, 6.07) is 4.73. The lowest BCUT2D eigenvalue weighted by Gasteiger charge is -2.29. The van der Waals surface area contributed by atoms with Crippen LogP contribution in [0, 0.1) is 11.9 Å². The molecule has 1 aliphatic rings. The Labute approximate surface area is 163 Å². The molecule has 2 aromatic heterocycles. The van der Waals surface area contributed by atoms with E-state index in [4.69, 9.17) is 0 Å². The van der Waals surface area contributed by atoms with E-state index >= 15 is 0 Å². The first-order valence-electron chi connectivity index (χ1n) is 9.27. The Kier molecular flexibility index (Phi) is 6.78. The van der Waals surface area contributed by atoms with Crippen molar-refractivity contribution < 1.29 is 12.8 Å². The van der Waals surface area contributed by atoms with Gasteiger partial charge in [0.1, 0.15) is 5.69 Å². The first kappa shape index (κ1) is 20.2. The number of aromatic nitrogens is 2. The van der Waals surface area contributed by atoms with Crippen LogP contribution in [-0.4, -0.2) is 36.7 Å². The quantitative estimate of drug-likeness (QED) is 0.647. The maximum absolute atomic E-state index is 13.2. The smallest absolute Gasteiger partial charge is 0.213 e. The maximum atomic E-state index is 13.2. The Hall–Kier alpha value is -1.58. The van der Waals surface area contributed by atoms with E-state index in [0.717, 1.165) is 37.4 Å². The normalized spacial score (nSPS) is 20.5. The van der Waals surface area contributed by atoms with Gasteiger partial charge in [0.2, 0.25) is 16.0 Å². The molecular weight excluding hydrogens is 387 g/mol. The van der Waals surface area contributed by atoms with E-state index in [1.807, 2.05) is 12.3 Å². The highest BCUT2D eigenvalue weighted by molar-refractivity contribution is 7.89. The molecule has 3 rings (SSSR count). The summed E-state index contributed by atoms with van der Waals surface area (Å²) >= 11 is 1.48. The number of thiazole rings is 1. The molecule has 0 bridgehead atoms. The number of sulfonamides is 1. The Balaban J connectivity index is 1.45. The van der Waals surface area contributed by atoms with Gasteiger partial charge in [0, 0.05) is 18.0 Å². The Bertz CT molecular complexity index is 849. The molecule has 27 heavy (non-hydrogen) atoms. The van der Waals surface area contributed by atoms with Crippen molar-refractivity contribution in [3.05, 3.63) is 29.5 Å². The highest BCUT2D eigenvalue weighted by atomic mass is 32.2. The second kappa shape index (κ2) is 9.07. The van der Waals surface area contributed by atoms with Crippen LogP contribution in [0.3, 0.4) is 0 Å². The SMILES string of the molecule is CCCS(=O)(=O)NC1CCC(CNc2nc(-c3cccc(F)n3)cs2)CC1. The second-order valence-electron chi connectivity index (χ2n) is 6.92. The molecule has 0 aromatic carbocycles. The van der Waals surface area contributed by atoms with E-state index in [1.165, 1.54) is 17.4 Å². The molecule has 2 N–H and O–H groups in total. The van der Waals surface area contributed by atoms with Crippen LogP contribution in [0.25, 0.3) is 11.4 Å². The Morgan fingerprint density at radius 2 is 1.96 bits per heavy atom. The molecule has 1 aliphatic carbocycles. The number of pyridine rings is 1. The zero-order chi connectivity index (χ0) is 19.3. The number of anilines is 1. The summed E-state index contributed by atoms with van der Waals surface area (Å²) in [6.45, 7) is 2.67. The number of nitrogens with zero attached hydrogens (tertiary/aromatic N) is 2. The molecule has 1 fully saturated rings. The van der Waals surface area contributed by atoms with Crippen LogP contribution >= 0.6 is 11.3 Å². The highest BCUT2D eigenvalue weighted by Crippen LogP contribution is 2.27. The van der Waals surface area contributed by atoms with Gasteiger partial charge in [0.25, 0.3) is 0 Å². The standard InChI is InChI=1S/C18H25FN4O2S2/c1-2-10-27(24,25)23-14-8-6-13(7-9-14)11-20-18-22-16(12-26-18)15-4-3-5-17(19)21-15/h3-5,12-14,23H,2,6-11H2,1H3,(H,20,22). The van der Waals surface area contributed by atoms with Crippen LogP contribution in [0.1, 0.15) is 39.0 Å². The summed E-state index contributed by atoms with van der Waals surface area (Å²) < 4.78 is 39.8. The lowest BCUT2D eigenvalue weighted by atomic mass is 9.86. The van der Waals surface area contributed by atoms with E-state index in [-0.39, 0.29) is 11.8 Å². The van der Waals surface area contributed by atoms with Crippen LogP contribution < -0.4 is 10.0 Å². The Morgan fingerprint density at radius 1 is 1.19 bits per heavy atom. The molecule has 0 atom stereocenters. The molecule has 2 heterocycles. The third kappa shape index (κ3) is 5.95. The molecule has 0 unspecified atom stereocenters. The summed E-state index contributed by atoms with van der Waals surface area (Å²) in [5.74, 6) is 0.180. The van der Waals surface area contributed by atoms with Gasteiger partial charge in [-0.25, -0.2) is 23.1 Å². The van der Waals surface area contributed by atoms with Gasteiger partial charge in [-0.1, -0.05) is 13.0 Å². The van der Waals surface area contributed by atoms with Crippen molar-refractivity contribution in [2.45, 2.75) is 45.1 Å². The van der Waals surface area contributed by atoms with Gasteiger partial charge in [0.15, 0.2) is 5.13 Å². The van der Waals surface area contributed by atoms with E-state index in [0.29, 0.717) is 23.7 Å². The van der Waals surface area contributed by atoms with Gasteiger partial charge in [-0.3, -0.25) is 0 Å². The fourth-order valence-electron chi connectivity index (χ4n) is 3.32. The summed E-state index contributed by atoms with van der Waals surface area (Å²) in [4.78, 5) is 8.33. The van der Waals surface area contributed by atoms with E-state index in [9.17, 15) is 12.8 Å². The van der Waals surface area contributed by atoms with Crippen LogP contribution in [0.5, 0.6) is 0 Å². The molecule has 0 saturated heterocycles. The predicted molar refractivity (Wildman–Crippen MR) is 107 cm³/mol. The molecule has 0 radical (unpaired) electrons. The topological polar surface area (TPSA) is 84.0 Å². The maximum Gasteiger partial charge on any atom is 0.213 e. The number of rotatable bonds is 8. The molecule has 2 aromatic rings. The van der Waals surface area contributed by atoms with Gasteiger partial charge in [-0.2, -0.15) is 4.39 Å². The summed E-state index contributed by atoms with van der Waals surface area (Å²) in [7, 11) is -3.14. The third-order valence-electron chi connectivity index (χ3n) is 4.69. The number of hydrogen-bond donors (Lipinski definition) is 2. The summed E-state index contributed by atoms with van der Waals surface area (Å²) in [5, 5.41) is 6.01. The molecule has 1 saturated carbocycles. The highest BCUT2D eigenvalue weighted by Gasteiger charge is 2.24. The lowest BCUT2D eigenvalue weighted by molar-refractivity contribution is 0.324. The van der Waals surface area contributed by atoms with E-state index in [1.54, 1.807) is 12.1 Å². The second-order valence-corrected chi connectivity index (χ2v) is 9.65. The lowest BCUT2D eigenvalue weighted by Crippen LogP contribution is -2.39. The molecular formula is C18H25FN4O2S2. The van der Waals surface area contributed by atoms with Crippen molar-refractivity contribution in [2.75, 3.05) is 17.6 Å². The van der Waals surface area contributed by atoms with Gasteiger partial charge in [0.05, 0.1) is 11.4 Å². The van der Waals surface area contributed by atoms with Crippen molar-refractivity contribution in [3.63, 3.8) is 0 Å². The average molecular weight is 413 g/mol. The minimum Gasteiger partial charge on any atom is -0.361 e. The minimum absolute atomic E-state index is 0.0586. The van der Waals surface area contributed by atoms with Gasteiger partial charge >= 0.3 is 0 Å². The molecule has 0 spiro atoms. The van der Waals surface area contributed by atoms with Gasteiger partial charge in [-0.15, -0.1) is 11.3 Å². The summed E-state index contributed by atoms with van der Waals surface area (Å²) in [5.41, 5.74) is 1.19. The van der Waals surface area contributed by atoms with Crippen LogP contribution in [0.4, 0.5) is 9.52 Å². The van der Waals surface area contributed by atoms with Gasteiger partial charge in [-0.05, 0) is 50.2 Å². The van der Waals surface area contributed by atoms with Crippen LogP contribution in [-0.2, 0) is 10.0 Å². The minimum atomic E-state index is -3.14. The van der Waals surface area contributed by atoms with Crippen molar-refractivity contribution >= 4 is 26.5 Å². The monoisotopic (exact) mass is 412 g/mol. The number of hydrogen-bond acceptors (Lipinski definition) is 6. The molecule has 0 amide bonds. The van der Waals surface area contributed by atoms with Crippen molar-refractivity contribution in [3.8, 4) is 11.4 Å². The van der Waals surface area contributed by atoms with E-state index < -0.39 is 16.0 Å². The van der Waals surface area contributed by atoms with Crippen molar-refractivity contribution in [2.24, 2.45) is 5.92 Å². The van der Waals surface area contributed by atoms with Crippen molar-refractivity contribution in [1.29, 1.82) is 0 Å². The van der Waals surface area contributed by atoms with Crippen LogP contribution in [0.15, 0.2) is 23.6 Å². The van der Waals surface area contributed by atoms with E-state index in [2.05, 4.69) is 20.0 Å². The average Bonchev–Trinajstić information content (AvgIpc) is 3.10. The molecule has 0 aliphatic heterocycles. The molecule has 6 nitrogen and oxygen atoms in total. The fraction of sp³-hybridized carbons (Fsp3) is 0.556. The first-order valence-corrected chi connectivity index (χ1v) is 11.8. The molecule has 148 valence electrons. The zero-order valence-electron chi connectivity index (χ0n) is 15.3. The first-order chi connectivity index (χ1) is 12.9. The van der Waals surface area contributed by atoms with Gasteiger partial charge < -0.3 is 5.32 Å². The zero-order valence-corrected chi connectivity index (χ0v) is 17.0. The largest absolute Gasteiger partial charge is 0.361 e. The fourth-order valence-corrected chi connectivity index (χ4v) is 5.43. The molecule has 9 heteroatoms.